The molecular weight excluding hydrogens is 324 g/mol. The van der Waals surface area contributed by atoms with Crippen LogP contribution in [0.4, 0.5) is 0 Å². The number of ether oxygens (including phenoxy) is 4. The Kier molecular flexibility index (Phi) is 6.39. The van der Waals surface area contributed by atoms with E-state index in [-0.39, 0.29) is 5.78 Å². The number of Topliss-reactive ketones (excluding diaryl/α,β-unsaturated/α-hetero) is 1. The Balaban J connectivity index is 1.94. The predicted molar refractivity (Wildman–Crippen MR) is 91.4 cm³/mol. The highest BCUT2D eigenvalue weighted by atomic mass is 16.6. The zero-order chi connectivity index (χ0) is 18.2. The lowest BCUT2D eigenvalue weighted by atomic mass is 10.1. The van der Waals surface area contributed by atoms with Crippen molar-refractivity contribution < 1.29 is 28.5 Å². The third-order valence-electron chi connectivity index (χ3n) is 3.44. The number of rotatable bonds is 8. The molecule has 0 N–H and O–H groups in total. The lowest BCUT2D eigenvalue weighted by Gasteiger charge is -2.14. The molecule has 0 bridgehead atoms. The van der Waals surface area contributed by atoms with E-state index >= 15 is 0 Å². The first-order valence-corrected chi connectivity index (χ1v) is 7.68. The monoisotopic (exact) mass is 344 g/mol. The van der Waals surface area contributed by atoms with Gasteiger partial charge in [-0.1, -0.05) is 18.2 Å². The fourth-order valence-electron chi connectivity index (χ4n) is 2.11. The molecular formula is C19H20O6. The van der Waals surface area contributed by atoms with E-state index in [2.05, 4.69) is 0 Å². The zero-order valence-electron chi connectivity index (χ0n) is 14.4. The summed E-state index contributed by atoms with van der Waals surface area (Å²) >= 11 is 0. The first-order valence-electron chi connectivity index (χ1n) is 7.68. The number of para-hydroxylation sites is 1. The highest BCUT2D eigenvalue weighted by molar-refractivity contribution is 6.00. The molecule has 0 amide bonds. The number of benzene rings is 2. The Hall–Kier alpha value is -3.02. The summed E-state index contributed by atoms with van der Waals surface area (Å²) in [5.41, 5.74) is 0.313. The summed E-state index contributed by atoms with van der Waals surface area (Å²) in [6.07, 6.45) is -0.826. The van der Waals surface area contributed by atoms with Crippen LogP contribution in [-0.2, 0) is 9.53 Å². The minimum absolute atomic E-state index is 0.313. The summed E-state index contributed by atoms with van der Waals surface area (Å²) in [5, 5.41) is 0. The summed E-state index contributed by atoms with van der Waals surface area (Å²) in [7, 11) is 2.97. The van der Waals surface area contributed by atoms with Gasteiger partial charge in [0.05, 0.1) is 19.8 Å². The molecule has 6 heteroatoms. The average molecular weight is 344 g/mol. The van der Waals surface area contributed by atoms with Crippen molar-refractivity contribution in [1.29, 1.82) is 0 Å². The lowest BCUT2D eigenvalue weighted by Crippen LogP contribution is -2.28. The molecule has 1 unspecified atom stereocenters. The van der Waals surface area contributed by atoms with Gasteiger partial charge in [0.2, 0.25) is 5.78 Å². The predicted octanol–water partition coefficient (Wildman–Crippen LogP) is 2.90. The SMILES string of the molecule is COc1ccc(C(=O)COC(=O)C(C)Oc2ccccc2)c(OC)c1. The molecule has 0 spiro atoms. The molecule has 0 aliphatic heterocycles. The van der Waals surface area contributed by atoms with Crippen LogP contribution in [0.1, 0.15) is 17.3 Å². The molecule has 2 aromatic carbocycles. The van der Waals surface area contributed by atoms with Gasteiger partial charge in [0.1, 0.15) is 17.2 Å². The Morgan fingerprint density at radius 2 is 1.68 bits per heavy atom. The third-order valence-corrected chi connectivity index (χ3v) is 3.44. The van der Waals surface area contributed by atoms with E-state index in [9.17, 15) is 9.59 Å². The van der Waals surface area contributed by atoms with E-state index in [0.29, 0.717) is 22.8 Å². The minimum Gasteiger partial charge on any atom is -0.497 e. The standard InChI is InChI=1S/C19H20O6/c1-13(25-14-7-5-4-6-8-14)19(21)24-12-17(20)16-10-9-15(22-2)11-18(16)23-3/h4-11,13H,12H2,1-3H3. The van der Waals surface area contributed by atoms with E-state index < -0.39 is 18.7 Å². The second kappa shape index (κ2) is 8.73. The van der Waals surface area contributed by atoms with Crippen LogP contribution in [-0.4, -0.2) is 38.7 Å². The van der Waals surface area contributed by atoms with Gasteiger partial charge >= 0.3 is 5.97 Å². The maximum atomic E-state index is 12.3. The molecule has 0 fully saturated rings. The van der Waals surface area contributed by atoms with Crippen molar-refractivity contribution in [1.82, 2.24) is 0 Å². The zero-order valence-corrected chi connectivity index (χ0v) is 14.4. The molecule has 25 heavy (non-hydrogen) atoms. The van der Waals surface area contributed by atoms with Crippen molar-refractivity contribution >= 4 is 11.8 Å². The highest BCUT2D eigenvalue weighted by Crippen LogP contribution is 2.25. The average Bonchev–Trinajstić information content (AvgIpc) is 2.65. The molecule has 0 aliphatic carbocycles. The molecule has 0 saturated heterocycles. The fourth-order valence-corrected chi connectivity index (χ4v) is 2.11. The third kappa shape index (κ3) is 4.97. The molecule has 1 atom stereocenters. The summed E-state index contributed by atoms with van der Waals surface area (Å²) in [5.74, 6) is 0.476. The molecule has 6 nitrogen and oxygen atoms in total. The van der Waals surface area contributed by atoms with Crippen molar-refractivity contribution in [2.24, 2.45) is 0 Å². The van der Waals surface area contributed by atoms with Crippen LogP contribution in [0.5, 0.6) is 17.2 Å². The van der Waals surface area contributed by atoms with Gasteiger partial charge in [-0.3, -0.25) is 4.79 Å². The molecule has 2 rings (SSSR count). The van der Waals surface area contributed by atoms with Crippen molar-refractivity contribution in [3.63, 3.8) is 0 Å². The molecule has 2 aromatic rings. The summed E-state index contributed by atoms with van der Waals surface area (Å²) in [6, 6.07) is 13.7. The normalized spacial score (nSPS) is 11.3. The smallest absolute Gasteiger partial charge is 0.347 e. The van der Waals surface area contributed by atoms with Crippen LogP contribution >= 0.6 is 0 Å². The molecule has 0 saturated carbocycles. The Bertz CT molecular complexity index is 726. The molecule has 0 radical (unpaired) electrons. The first kappa shape index (κ1) is 18.3. The number of hydrogen-bond donors (Lipinski definition) is 0. The van der Waals surface area contributed by atoms with E-state index in [4.69, 9.17) is 18.9 Å². The van der Waals surface area contributed by atoms with Crippen LogP contribution in [0, 0.1) is 0 Å². The van der Waals surface area contributed by atoms with Crippen LogP contribution in [0.25, 0.3) is 0 Å². The van der Waals surface area contributed by atoms with Gasteiger partial charge in [0.25, 0.3) is 0 Å². The van der Waals surface area contributed by atoms with E-state index in [1.807, 2.05) is 6.07 Å². The number of methoxy groups -OCH3 is 2. The van der Waals surface area contributed by atoms with E-state index in [1.165, 1.54) is 14.2 Å². The lowest BCUT2D eigenvalue weighted by molar-refractivity contribution is -0.149. The van der Waals surface area contributed by atoms with Crippen molar-refractivity contribution in [3.8, 4) is 17.2 Å². The Morgan fingerprint density at radius 1 is 0.960 bits per heavy atom. The molecule has 0 aromatic heterocycles. The van der Waals surface area contributed by atoms with Crippen molar-refractivity contribution in [2.45, 2.75) is 13.0 Å². The van der Waals surface area contributed by atoms with Crippen LogP contribution < -0.4 is 14.2 Å². The van der Waals surface area contributed by atoms with Crippen LogP contribution in [0.2, 0.25) is 0 Å². The topological polar surface area (TPSA) is 71.1 Å². The molecule has 132 valence electrons. The second-order valence-electron chi connectivity index (χ2n) is 5.17. The second-order valence-corrected chi connectivity index (χ2v) is 5.17. The van der Waals surface area contributed by atoms with E-state index in [0.717, 1.165) is 0 Å². The van der Waals surface area contributed by atoms with Crippen molar-refractivity contribution in [2.75, 3.05) is 20.8 Å². The number of carbonyl (C=O) groups excluding carboxylic acids is 2. The highest BCUT2D eigenvalue weighted by Gasteiger charge is 2.20. The van der Waals surface area contributed by atoms with Gasteiger partial charge in [0, 0.05) is 6.07 Å². The first-order chi connectivity index (χ1) is 12.0. The fraction of sp³-hybridized carbons (Fsp3) is 0.263. The minimum atomic E-state index is -0.826. The van der Waals surface area contributed by atoms with Gasteiger partial charge in [-0.2, -0.15) is 0 Å². The number of carbonyl (C=O) groups is 2. The van der Waals surface area contributed by atoms with Crippen molar-refractivity contribution in [3.05, 3.63) is 54.1 Å². The van der Waals surface area contributed by atoms with Crippen LogP contribution in [0.3, 0.4) is 0 Å². The maximum Gasteiger partial charge on any atom is 0.347 e. The largest absolute Gasteiger partial charge is 0.497 e. The number of ketones is 1. The van der Waals surface area contributed by atoms with Gasteiger partial charge in [-0.05, 0) is 31.2 Å². The van der Waals surface area contributed by atoms with Gasteiger partial charge in [-0.25, -0.2) is 4.79 Å². The maximum absolute atomic E-state index is 12.3. The molecule has 0 heterocycles. The number of esters is 1. The van der Waals surface area contributed by atoms with Gasteiger partial charge in [0.15, 0.2) is 12.7 Å². The summed E-state index contributed by atoms with van der Waals surface area (Å²) in [6.45, 7) is 1.16. The van der Waals surface area contributed by atoms with Crippen LogP contribution in [0.15, 0.2) is 48.5 Å². The summed E-state index contributed by atoms with van der Waals surface area (Å²) < 4.78 is 20.8. The van der Waals surface area contributed by atoms with E-state index in [1.54, 1.807) is 49.4 Å². The quantitative estimate of drug-likeness (QED) is 0.542. The Labute approximate surface area is 146 Å². The summed E-state index contributed by atoms with van der Waals surface area (Å²) in [4.78, 5) is 24.3. The Morgan fingerprint density at radius 3 is 2.32 bits per heavy atom. The number of hydrogen-bond acceptors (Lipinski definition) is 6. The van der Waals surface area contributed by atoms with Gasteiger partial charge in [-0.15, -0.1) is 0 Å². The van der Waals surface area contributed by atoms with Gasteiger partial charge < -0.3 is 18.9 Å². The molecule has 0 aliphatic rings.